The molecule has 0 aliphatic heterocycles. The predicted octanol–water partition coefficient (Wildman–Crippen LogP) is 5.55. The van der Waals surface area contributed by atoms with Crippen LogP contribution in [0.3, 0.4) is 0 Å². The molecule has 0 heterocycles. The number of esters is 1. The Morgan fingerprint density at radius 2 is 1.68 bits per heavy atom. The van der Waals surface area contributed by atoms with Crippen molar-refractivity contribution in [1.29, 1.82) is 0 Å². The van der Waals surface area contributed by atoms with Gasteiger partial charge < -0.3 is 9.47 Å². The van der Waals surface area contributed by atoms with Crippen LogP contribution >= 0.6 is 11.6 Å². The van der Waals surface area contributed by atoms with Gasteiger partial charge in [-0.3, -0.25) is 4.79 Å². The van der Waals surface area contributed by atoms with Crippen molar-refractivity contribution in [2.75, 3.05) is 6.61 Å². The molecule has 34 heavy (non-hydrogen) atoms. The van der Waals surface area contributed by atoms with E-state index in [9.17, 15) is 9.59 Å². The number of nitrogens with one attached hydrogen (secondary N) is 1. The standard InChI is InChI=1S/C27H21ClN2O4/c1-18-6-8-20(9-7-18)27(32)34-25-15-10-19-4-2-3-5-23(19)24(25)16-29-30-26(31)17-33-22-13-11-21(28)12-14-22/h2-16H,17H2,1H3,(H,30,31)/b29-16-. The molecule has 0 spiro atoms. The van der Waals surface area contributed by atoms with Gasteiger partial charge in [0.1, 0.15) is 11.5 Å². The lowest BCUT2D eigenvalue weighted by atomic mass is 10.0. The smallest absolute Gasteiger partial charge is 0.343 e. The average molecular weight is 473 g/mol. The number of aryl methyl sites for hydroxylation is 1. The van der Waals surface area contributed by atoms with Crippen LogP contribution in [0.25, 0.3) is 10.8 Å². The van der Waals surface area contributed by atoms with E-state index in [-0.39, 0.29) is 6.61 Å². The van der Waals surface area contributed by atoms with Crippen molar-refractivity contribution in [1.82, 2.24) is 5.43 Å². The van der Waals surface area contributed by atoms with Gasteiger partial charge >= 0.3 is 5.97 Å². The van der Waals surface area contributed by atoms with Crippen LogP contribution in [-0.2, 0) is 4.79 Å². The van der Waals surface area contributed by atoms with Crippen molar-refractivity contribution in [3.05, 3.63) is 107 Å². The van der Waals surface area contributed by atoms with E-state index in [0.29, 0.717) is 27.6 Å². The highest BCUT2D eigenvalue weighted by Crippen LogP contribution is 2.27. The van der Waals surface area contributed by atoms with E-state index >= 15 is 0 Å². The Balaban J connectivity index is 1.50. The van der Waals surface area contributed by atoms with Crippen LogP contribution in [0.1, 0.15) is 21.5 Å². The van der Waals surface area contributed by atoms with Crippen LogP contribution in [0, 0.1) is 6.92 Å². The number of rotatable bonds is 7. The number of carbonyl (C=O) groups is 2. The van der Waals surface area contributed by atoms with Crippen LogP contribution in [0.4, 0.5) is 0 Å². The lowest BCUT2D eigenvalue weighted by Gasteiger charge is -2.11. The zero-order valence-corrected chi connectivity index (χ0v) is 19.1. The minimum absolute atomic E-state index is 0.218. The van der Waals surface area contributed by atoms with Crippen molar-refractivity contribution >= 4 is 40.5 Å². The Morgan fingerprint density at radius 3 is 2.44 bits per heavy atom. The first-order valence-electron chi connectivity index (χ1n) is 10.5. The van der Waals surface area contributed by atoms with Crippen LogP contribution in [0.15, 0.2) is 90.0 Å². The van der Waals surface area contributed by atoms with Crippen LogP contribution < -0.4 is 14.9 Å². The first-order chi connectivity index (χ1) is 16.5. The van der Waals surface area contributed by atoms with Gasteiger partial charge in [-0.2, -0.15) is 5.10 Å². The van der Waals surface area contributed by atoms with Gasteiger partial charge in [0, 0.05) is 10.6 Å². The minimum Gasteiger partial charge on any atom is -0.484 e. The molecular formula is C27H21ClN2O4. The second-order valence-corrected chi connectivity index (χ2v) is 7.93. The summed E-state index contributed by atoms with van der Waals surface area (Å²) < 4.78 is 11.1. The number of carbonyl (C=O) groups excluding carboxylic acids is 2. The zero-order valence-electron chi connectivity index (χ0n) is 18.3. The van der Waals surface area contributed by atoms with Gasteiger partial charge in [-0.25, -0.2) is 10.2 Å². The van der Waals surface area contributed by atoms with Gasteiger partial charge in [0.2, 0.25) is 0 Å². The molecule has 0 aliphatic rings. The van der Waals surface area contributed by atoms with Crippen molar-refractivity contribution in [3.63, 3.8) is 0 Å². The molecule has 4 aromatic carbocycles. The van der Waals surface area contributed by atoms with E-state index in [1.165, 1.54) is 6.21 Å². The number of hydrazone groups is 1. The molecule has 1 N–H and O–H groups in total. The highest BCUT2D eigenvalue weighted by molar-refractivity contribution is 6.30. The van der Waals surface area contributed by atoms with E-state index in [0.717, 1.165) is 16.3 Å². The summed E-state index contributed by atoms with van der Waals surface area (Å²) in [5.41, 5.74) is 4.49. The lowest BCUT2D eigenvalue weighted by Crippen LogP contribution is -2.24. The SMILES string of the molecule is Cc1ccc(C(=O)Oc2ccc3ccccc3c2/C=N\NC(=O)COc2ccc(Cl)cc2)cc1. The van der Waals surface area contributed by atoms with Gasteiger partial charge in [0.05, 0.1) is 11.8 Å². The van der Waals surface area contributed by atoms with Gasteiger partial charge in [-0.1, -0.05) is 59.6 Å². The largest absolute Gasteiger partial charge is 0.484 e. The quantitative estimate of drug-likeness (QED) is 0.165. The highest BCUT2D eigenvalue weighted by Gasteiger charge is 2.13. The predicted molar refractivity (Wildman–Crippen MR) is 133 cm³/mol. The number of nitrogens with zero attached hydrogens (tertiary/aromatic N) is 1. The molecular weight excluding hydrogens is 452 g/mol. The maximum atomic E-state index is 12.7. The third-order valence-corrected chi connectivity index (χ3v) is 5.24. The number of ether oxygens (including phenoxy) is 2. The van der Waals surface area contributed by atoms with E-state index in [1.54, 1.807) is 42.5 Å². The minimum atomic E-state index is -0.481. The molecule has 4 rings (SSSR count). The summed E-state index contributed by atoms with van der Waals surface area (Å²) in [5, 5.41) is 6.40. The summed E-state index contributed by atoms with van der Waals surface area (Å²) in [5.74, 6) is -0.0717. The average Bonchev–Trinajstić information content (AvgIpc) is 2.85. The topological polar surface area (TPSA) is 77.0 Å². The molecule has 4 aromatic rings. The fourth-order valence-corrected chi connectivity index (χ4v) is 3.35. The van der Waals surface area contributed by atoms with Crippen molar-refractivity contribution < 1.29 is 19.1 Å². The third-order valence-electron chi connectivity index (χ3n) is 4.99. The summed E-state index contributed by atoms with van der Waals surface area (Å²) in [6.07, 6.45) is 1.46. The van der Waals surface area contributed by atoms with Gasteiger partial charge in [-0.05, 0) is 60.2 Å². The Hall–Kier alpha value is -4.16. The number of hydrogen-bond acceptors (Lipinski definition) is 5. The highest BCUT2D eigenvalue weighted by atomic mass is 35.5. The monoisotopic (exact) mass is 472 g/mol. The number of halogens is 1. The van der Waals surface area contributed by atoms with Crippen LogP contribution in [0.5, 0.6) is 11.5 Å². The maximum absolute atomic E-state index is 12.7. The van der Waals surface area contributed by atoms with E-state index < -0.39 is 11.9 Å². The number of hydrogen-bond donors (Lipinski definition) is 1. The first-order valence-corrected chi connectivity index (χ1v) is 10.9. The summed E-state index contributed by atoms with van der Waals surface area (Å²) in [4.78, 5) is 24.8. The molecule has 0 saturated heterocycles. The van der Waals surface area contributed by atoms with Gasteiger partial charge in [0.15, 0.2) is 6.61 Å². The summed E-state index contributed by atoms with van der Waals surface area (Å²) in [7, 11) is 0. The van der Waals surface area contributed by atoms with Crippen LogP contribution in [-0.4, -0.2) is 24.7 Å². The zero-order chi connectivity index (χ0) is 23.9. The fraction of sp³-hybridized carbons (Fsp3) is 0.0741. The summed E-state index contributed by atoms with van der Waals surface area (Å²) in [6.45, 7) is 1.73. The van der Waals surface area contributed by atoms with Crippen molar-refractivity contribution in [2.45, 2.75) is 6.92 Å². The molecule has 1 amide bonds. The normalized spacial score (nSPS) is 10.9. The second-order valence-electron chi connectivity index (χ2n) is 7.49. The second kappa shape index (κ2) is 10.6. The fourth-order valence-electron chi connectivity index (χ4n) is 3.23. The molecule has 0 bridgehead atoms. The molecule has 0 fully saturated rings. The van der Waals surface area contributed by atoms with Crippen molar-refractivity contribution in [2.24, 2.45) is 5.10 Å². The Morgan fingerprint density at radius 1 is 0.941 bits per heavy atom. The molecule has 0 saturated carbocycles. The molecule has 0 aliphatic carbocycles. The summed E-state index contributed by atoms with van der Waals surface area (Å²) >= 11 is 5.84. The Bertz CT molecular complexity index is 1350. The lowest BCUT2D eigenvalue weighted by molar-refractivity contribution is -0.123. The maximum Gasteiger partial charge on any atom is 0.343 e. The molecule has 170 valence electrons. The number of benzene rings is 4. The first kappa shape index (κ1) is 23.0. The van der Waals surface area contributed by atoms with E-state index in [1.807, 2.05) is 49.4 Å². The van der Waals surface area contributed by atoms with Gasteiger partial charge in [0.25, 0.3) is 5.91 Å². The van der Waals surface area contributed by atoms with Crippen molar-refractivity contribution in [3.8, 4) is 11.5 Å². The number of amides is 1. The van der Waals surface area contributed by atoms with Gasteiger partial charge in [-0.15, -0.1) is 0 Å². The molecule has 0 aromatic heterocycles. The molecule has 7 heteroatoms. The van der Waals surface area contributed by atoms with E-state index in [2.05, 4.69) is 10.5 Å². The van der Waals surface area contributed by atoms with E-state index in [4.69, 9.17) is 21.1 Å². The molecule has 6 nitrogen and oxygen atoms in total. The van der Waals surface area contributed by atoms with Crippen LogP contribution in [0.2, 0.25) is 5.02 Å². The Kier molecular flexibility index (Phi) is 7.20. The third kappa shape index (κ3) is 5.79. The molecule has 0 atom stereocenters. The molecule has 0 unspecified atom stereocenters. The Labute approximate surface area is 201 Å². The summed E-state index contributed by atoms with van der Waals surface area (Å²) in [6, 6.07) is 25.0. The number of fused-ring (bicyclic) bond motifs is 1. The molecule has 0 radical (unpaired) electrons.